The standard InChI is InChI=1S/C24H23NO5/c1-2-25(13-18-15-28-22-9-5-6-10-23(22)30-18)24(27)16-29-21-12-11-17-7-3-4-8-19(17)20(21)14-26/h3-12,14,18H,2,13,15-16H2,1H3. The Labute approximate surface area is 175 Å². The molecule has 1 amide bonds. The van der Waals surface area contributed by atoms with Crippen molar-refractivity contribution in [3.05, 3.63) is 66.2 Å². The van der Waals surface area contributed by atoms with Gasteiger partial charge in [0, 0.05) is 6.54 Å². The maximum absolute atomic E-state index is 12.7. The third-order valence-electron chi connectivity index (χ3n) is 5.13. The molecular formula is C24H23NO5. The Hall–Kier alpha value is -3.54. The summed E-state index contributed by atoms with van der Waals surface area (Å²) in [4.78, 5) is 26.1. The fraction of sp³-hybridized carbons (Fsp3) is 0.250. The van der Waals surface area contributed by atoms with Crippen LogP contribution in [0, 0.1) is 0 Å². The molecule has 154 valence electrons. The number of carbonyl (C=O) groups is 2. The minimum Gasteiger partial charge on any atom is -0.486 e. The van der Waals surface area contributed by atoms with Crippen LogP contribution in [0.15, 0.2) is 60.7 Å². The highest BCUT2D eigenvalue weighted by molar-refractivity contribution is 6.00. The van der Waals surface area contributed by atoms with Gasteiger partial charge < -0.3 is 19.1 Å². The Kier molecular flexibility index (Phi) is 5.84. The number of carbonyl (C=O) groups excluding carboxylic acids is 2. The second kappa shape index (κ2) is 8.86. The topological polar surface area (TPSA) is 65.1 Å². The van der Waals surface area contributed by atoms with Gasteiger partial charge in [-0.15, -0.1) is 0 Å². The Bertz CT molecular complexity index is 1060. The molecule has 30 heavy (non-hydrogen) atoms. The molecule has 4 rings (SSSR count). The smallest absolute Gasteiger partial charge is 0.260 e. The first-order valence-corrected chi connectivity index (χ1v) is 9.95. The second-order valence-electron chi connectivity index (χ2n) is 7.04. The highest BCUT2D eigenvalue weighted by atomic mass is 16.6. The van der Waals surface area contributed by atoms with E-state index in [4.69, 9.17) is 14.2 Å². The maximum Gasteiger partial charge on any atom is 0.260 e. The van der Waals surface area contributed by atoms with Crippen molar-refractivity contribution in [3.8, 4) is 17.2 Å². The number of likely N-dealkylation sites (N-methyl/N-ethyl adjacent to an activating group) is 1. The molecule has 0 radical (unpaired) electrons. The van der Waals surface area contributed by atoms with Crippen molar-refractivity contribution in [2.75, 3.05) is 26.3 Å². The first-order chi connectivity index (χ1) is 14.7. The molecule has 0 bridgehead atoms. The van der Waals surface area contributed by atoms with Crippen molar-refractivity contribution in [1.82, 2.24) is 4.90 Å². The molecule has 0 aromatic heterocycles. The van der Waals surface area contributed by atoms with Crippen LogP contribution in [0.4, 0.5) is 0 Å². The van der Waals surface area contributed by atoms with E-state index in [9.17, 15) is 9.59 Å². The van der Waals surface area contributed by atoms with Crippen molar-refractivity contribution in [1.29, 1.82) is 0 Å². The molecule has 0 aliphatic carbocycles. The maximum atomic E-state index is 12.7. The normalized spacial score (nSPS) is 14.9. The molecule has 3 aromatic carbocycles. The molecule has 1 aliphatic rings. The molecule has 1 unspecified atom stereocenters. The first kappa shape index (κ1) is 19.8. The van der Waals surface area contributed by atoms with Crippen LogP contribution in [0.2, 0.25) is 0 Å². The van der Waals surface area contributed by atoms with Gasteiger partial charge in [-0.2, -0.15) is 0 Å². The lowest BCUT2D eigenvalue weighted by atomic mass is 10.0. The van der Waals surface area contributed by atoms with Crippen molar-refractivity contribution in [2.24, 2.45) is 0 Å². The predicted octanol–water partition coefficient (Wildman–Crippen LogP) is 3.72. The predicted molar refractivity (Wildman–Crippen MR) is 113 cm³/mol. The Morgan fingerprint density at radius 1 is 1.10 bits per heavy atom. The summed E-state index contributed by atoms with van der Waals surface area (Å²) in [5.74, 6) is 1.62. The molecule has 1 heterocycles. The molecule has 0 fully saturated rings. The molecule has 0 N–H and O–H groups in total. The lowest BCUT2D eigenvalue weighted by Gasteiger charge is -2.30. The van der Waals surface area contributed by atoms with Crippen LogP contribution < -0.4 is 14.2 Å². The van der Waals surface area contributed by atoms with Crippen molar-refractivity contribution < 1.29 is 23.8 Å². The number of aldehydes is 1. The zero-order valence-electron chi connectivity index (χ0n) is 16.7. The summed E-state index contributed by atoms with van der Waals surface area (Å²) in [5.41, 5.74) is 0.449. The van der Waals surface area contributed by atoms with E-state index in [0.717, 1.165) is 17.1 Å². The lowest BCUT2D eigenvalue weighted by molar-refractivity contribution is -0.134. The summed E-state index contributed by atoms with van der Waals surface area (Å²) in [6, 6.07) is 18.7. The minimum atomic E-state index is -0.255. The fourth-order valence-corrected chi connectivity index (χ4v) is 3.56. The third-order valence-corrected chi connectivity index (χ3v) is 5.13. The van der Waals surface area contributed by atoms with Crippen molar-refractivity contribution in [3.63, 3.8) is 0 Å². The number of para-hydroxylation sites is 2. The van der Waals surface area contributed by atoms with Crippen LogP contribution in [0.1, 0.15) is 17.3 Å². The van der Waals surface area contributed by atoms with E-state index < -0.39 is 0 Å². The Morgan fingerprint density at radius 3 is 2.67 bits per heavy atom. The number of hydrogen-bond acceptors (Lipinski definition) is 5. The summed E-state index contributed by atoms with van der Waals surface area (Å²) in [6.07, 6.45) is 0.514. The fourth-order valence-electron chi connectivity index (χ4n) is 3.56. The van der Waals surface area contributed by atoms with Crippen LogP contribution in [0.5, 0.6) is 17.2 Å². The molecule has 3 aromatic rings. The van der Waals surface area contributed by atoms with Gasteiger partial charge in [-0.1, -0.05) is 42.5 Å². The van der Waals surface area contributed by atoms with Crippen molar-refractivity contribution >= 4 is 23.0 Å². The minimum absolute atomic E-state index is 0.156. The zero-order valence-corrected chi connectivity index (χ0v) is 16.7. The number of hydrogen-bond donors (Lipinski definition) is 0. The lowest BCUT2D eigenvalue weighted by Crippen LogP contribution is -2.45. The molecule has 0 saturated heterocycles. The third kappa shape index (κ3) is 4.08. The van der Waals surface area contributed by atoms with Gasteiger partial charge in [0.05, 0.1) is 12.1 Å². The number of benzene rings is 3. The average Bonchev–Trinajstić information content (AvgIpc) is 2.80. The van der Waals surface area contributed by atoms with Crippen LogP contribution in [0.25, 0.3) is 10.8 Å². The average molecular weight is 405 g/mol. The zero-order chi connectivity index (χ0) is 20.9. The van der Waals surface area contributed by atoms with Crippen LogP contribution in [0.3, 0.4) is 0 Å². The Morgan fingerprint density at radius 2 is 1.87 bits per heavy atom. The van der Waals surface area contributed by atoms with E-state index in [-0.39, 0.29) is 18.6 Å². The van der Waals surface area contributed by atoms with E-state index in [1.165, 1.54) is 0 Å². The number of fused-ring (bicyclic) bond motifs is 2. The number of rotatable bonds is 7. The van der Waals surface area contributed by atoms with Crippen molar-refractivity contribution in [2.45, 2.75) is 13.0 Å². The van der Waals surface area contributed by atoms with Gasteiger partial charge >= 0.3 is 0 Å². The van der Waals surface area contributed by atoms with E-state index in [0.29, 0.717) is 42.5 Å². The number of amides is 1. The highest BCUT2D eigenvalue weighted by Gasteiger charge is 2.25. The monoisotopic (exact) mass is 405 g/mol. The molecule has 6 nitrogen and oxygen atoms in total. The molecule has 1 atom stereocenters. The molecule has 0 spiro atoms. The van der Waals surface area contributed by atoms with Gasteiger partial charge in [-0.05, 0) is 35.9 Å². The quantitative estimate of drug-likeness (QED) is 0.561. The van der Waals surface area contributed by atoms with Crippen LogP contribution in [-0.2, 0) is 4.79 Å². The van der Waals surface area contributed by atoms with E-state index in [1.54, 1.807) is 11.0 Å². The summed E-state index contributed by atoms with van der Waals surface area (Å²) in [5, 5.41) is 1.75. The van der Waals surface area contributed by atoms with Gasteiger partial charge in [0.25, 0.3) is 5.91 Å². The summed E-state index contributed by atoms with van der Waals surface area (Å²) < 4.78 is 17.4. The van der Waals surface area contributed by atoms with E-state index in [2.05, 4.69) is 0 Å². The summed E-state index contributed by atoms with van der Waals surface area (Å²) in [6.45, 7) is 3.04. The van der Waals surface area contributed by atoms with E-state index >= 15 is 0 Å². The highest BCUT2D eigenvalue weighted by Crippen LogP contribution is 2.31. The van der Waals surface area contributed by atoms with Crippen LogP contribution >= 0.6 is 0 Å². The van der Waals surface area contributed by atoms with Gasteiger partial charge in [0.15, 0.2) is 30.5 Å². The van der Waals surface area contributed by atoms with Gasteiger partial charge in [-0.3, -0.25) is 9.59 Å². The van der Waals surface area contributed by atoms with Gasteiger partial charge in [0.1, 0.15) is 12.4 Å². The SMILES string of the molecule is CCN(CC1COc2ccccc2O1)C(=O)COc1ccc2ccccc2c1C=O. The second-order valence-corrected chi connectivity index (χ2v) is 7.04. The summed E-state index contributed by atoms with van der Waals surface area (Å²) in [7, 11) is 0. The number of nitrogens with zero attached hydrogens (tertiary/aromatic N) is 1. The molecular weight excluding hydrogens is 382 g/mol. The molecule has 1 aliphatic heterocycles. The first-order valence-electron chi connectivity index (χ1n) is 9.95. The summed E-state index contributed by atoms with van der Waals surface area (Å²) >= 11 is 0. The largest absolute Gasteiger partial charge is 0.486 e. The molecule has 0 saturated carbocycles. The Balaban J connectivity index is 1.41. The van der Waals surface area contributed by atoms with Gasteiger partial charge in [-0.25, -0.2) is 0 Å². The van der Waals surface area contributed by atoms with E-state index in [1.807, 2.05) is 61.5 Å². The van der Waals surface area contributed by atoms with Gasteiger partial charge in [0.2, 0.25) is 0 Å². The van der Waals surface area contributed by atoms with Crippen LogP contribution in [-0.4, -0.2) is 49.5 Å². The number of ether oxygens (including phenoxy) is 3. The molecule has 6 heteroatoms.